The monoisotopic (exact) mass is 345 g/mol. The lowest BCUT2D eigenvalue weighted by Crippen LogP contribution is -2.22. The molecular formula is C15H12BrN3O2. The number of fused-ring (bicyclic) bond motifs is 1. The van der Waals surface area contributed by atoms with E-state index in [1.165, 1.54) is 0 Å². The van der Waals surface area contributed by atoms with E-state index < -0.39 is 0 Å². The molecule has 3 rings (SSSR count). The van der Waals surface area contributed by atoms with Gasteiger partial charge < -0.3 is 15.3 Å². The molecule has 0 radical (unpaired) electrons. The number of imidazole rings is 1. The topological polar surface area (TPSA) is 77.8 Å². The Morgan fingerprint density at radius 2 is 1.90 bits per heavy atom. The van der Waals surface area contributed by atoms with Gasteiger partial charge in [-0.15, -0.1) is 0 Å². The number of H-pyrrole nitrogens is 2. The number of hydrogen-bond acceptors (Lipinski definition) is 2. The average molecular weight is 346 g/mol. The lowest BCUT2D eigenvalue weighted by molar-refractivity contribution is 0.0951. The molecule has 0 saturated carbocycles. The van der Waals surface area contributed by atoms with Crippen molar-refractivity contribution in [2.24, 2.45) is 0 Å². The molecule has 3 aromatic rings. The number of amides is 1. The Bertz CT molecular complexity index is 866. The van der Waals surface area contributed by atoms with Crippen molar-refractivity contribution < 1.29 is 4.79 Å². The van der Waals surface area contributed by atoms with Crippen LogP contribution in [0.25, 0.3) is 11.0 Å². The maximum atomic E-state index is 12.1. The van der Waals surface area contributed by atoms with Gasteiger partial charge in [-0.25, -0.2) is 4.79 Å². The van der Waals surface area contributed by atoms with E-state index >= 15 is 0 Å². The van der Waals surface area contributed by atoms with Crippen LogP contribution in [0.3, 0.4) is 0 Å². The normalized spacial score (nSPS) is 10.7. The number of hydrogen-bond donors (Lipinski definition) is 3. The van der Waals surface area contributed by atoms with Crippen LogP contribution in [0.1, 0.15) is 15.9 Å². The minimum absolute atomic E-state index is 0.182. The number of benzene rings is 2. The van der Waals surface area contributed by atoms with Gasteiger partial charge >= 0.3 is 5.69 Å². The van der Waals surface area contributed by atoms with Crippen LogP contribution in [0, 0.1) is 0 Å². The van der Waals surface area contributed by atoms with E-state index in [0.29, 0.717) is 23.1 Å². The number of aromatic nitrogens is 2. The highest BCUT2D eigenvalue weighted by molar-refractivity contribution is 9.10. The van der Waals surface area contributed by atoms with Gasteiger partial charge in [0, 0.05) is 16.6 Å². The van der Waals surface area contributed by atoms with Crippen molar-refractivity contribution in [3.05, 3.63) is 68.5 Å². The van der Waals surface area contributed by atoms with Crippen LogP contribution < -0.4 is 11.0 Å². The van der Waals surface area contributed by atoms with Gasteiger partial charge in [-0.2, -0.15) is 0 Å². The Hall–Kier alpha value is -2.34. The summed E-state index contributed by atoms with van der Waals surface area (Å²) in [5.74, 6) is -0.182. The molecule has 0 fully saturated rings. The molecule has 106 valence electrons. The number of aromatic amines is 2. The molecule has 21 heavy (non-hydrogen) atoms. The van der Waals surface area contributed by atoms with Gasteiger partial charge in [0.1, 0.15) is 0 Å². The van der Waals surface area contributed by atoms with Crippen molar-refractivity contribution in [2.45, 2.75) is 6.54 Å². The van der Waals surface area contributed by atoms with Crippen molar-refractivity contribution in [2.75, 3.05) is 0 Å². The highest BCUT2D eigenvalue weighted by atomic mass is 79.9. The molecule has 1 amide bonds. The third kappa shape index (κ3) is 3.05. The molecule has 5 nitrogen and oxygen atoms in total. The first kappa shape index (κ1) is 13.6. The molecule has 0 aliphatic heterocycles. The minimum atomic E-state index is -0.281. The van der Waals surface area contributed by atoms with Crippen LogP contribution in [-0.2, 0) is 6.54 Å². The summed E-state index contributed by atoms with van der Waals surface area (Å²) in [4.78, 5) is 28.6. The zero-order valence-corrected chi connectivity index (χ0v) is 12.5. The van der Waals surface area contributed by atoms with E-state index in [9.17, 15) is 9.59 Å². The smallest absolute Gasteiger partial charge is 0.323 e. The summed E-state index contributed by atoms with van der Waals surface area (Å²) in [6.45, 7) is 0.444. The number of rotatable bonds is 3. The summed E-state index contributed by atoms with van der Waals surface area (Å²) in [5, 5.41) is 2.85. The standard InChI is InChI=1S/C15H12BrN3O2/c16-11-3-1-2-9(6-11)8-17-14(20)10-4-5-12-13(7-10)19-15(21)18-12/h1-7H,8H2,(H,17,20)(H2,18,19,21). The van der Waals surface area contributed by atoms with Crippen molar-refractivity contribution in [3.63, 3.8) is 0 Å². The summed E-state index contributed by atoms with van der Waals surface area (Å²) in [5.41, 5.74) is 2.54. The third-order valence-corrected chi connectivity index (χ3v) is 3.61. The first-order valence-electron chi connectivity index (χ1n) is 6.36. The fraction of sp³-hybridized carbons (Fsp3) is 0.0667. The molecular weight excluding hydrogens is 334 g/mol. The SMILES string of the molecule is O=C(NCc1cccc(Br)c1)c1ccc2[nH]c(=O)[nH]c2c1. The molecule has 0 aliphatic rings. The Morgan fingerprint density at radius 1 is 1.10 bits per heavy atom. The predicted octanol–water partition coefficient (Wildman–Crippen LogP) is 2.55. The van der Waals surface area contributed by atoms with E-state index in [0.717, 1.165) is 10.0 Å². The fourth-order valence-corrected chi connectivity index (χ4v) is 2.55. The second-order valence-corrected chi connectivity index (χ2v) is 5.57. The summed E-state index contributed by atoms with van der Waals surface area (Å²) < 4.78 is 0.973. The minimum Gasteiger partial charge on any atom is -0.348 e. The second kappa shape index (κ2) is 5.57. The van der Waals surface area contributed by atoms with E-state index in [1.54, 1.807) is 18.2 Å². The van der Waals surface area contributed by atoms with Gasteiger partial charge in [0.2, 0.25) is 0 Å². The number of halogens is 1. The van der Waals surface area contributed by atoms with Crippen LogP contribution in [0.15, 0.2) is 51.7 Å². The highest BCUT2D eigenvalue weighted by Crippen LogP contribution is 2.12. The van der Waals surface area contributed by atoms with Gasteiger partial charge in [-0.05, 0) is 35.9 Å². The van der Waals surface area contributed by atoms with E-state index in [2.05, 4.69) is 31.2 Å². The highest BCUT2D eigenvalue weighted by Gasteiger charge is 2.07. The van der Waals surface area contributed by atoms with Crippen molar-refractivity contribution in [1.29, 1.82) is 0 Å². The molecule has 6 heteroatoms. The van der Waals surface area contributed by atoms with E-state index in [1.807, 2.05) is 24.3 Å². The van der Waals surface area contributed by atoms with Gasteiger partial charge in [0.15, 0.2) is 0 Å². The van der Waals surface area contributed by atoms with Gasteiger partial charge in [-0.3, -0.25) is 4.79 Å². The van der Waals surface area contributed by atoms with Crippen LogP contribution >= 0.6 is 15.9 Å². The maximum Gasteiger partial charge on any atom is 0.323 e. The van der Waals surface area contributed by atoms with Crippen molar-refractivity contribution in [1.82, 2.24) is 15.3 Å². The average Bonchev–Trinajstić information content (AvgIpc) is 2.84. The van der Waals surface area contributed by atoms with Crippen molar-refractivity contribution in [3.8, 4) is 0 Å². The summed E-state index contributed by atoms with van der Waals surface area (Å²) in [7, 11) is 0. The van der Waals surface area contributed by atoms with Crippen LogP contribution in [-0.4, -0.2) is 15.9 Å². The fourth-order valence-electron chi connectivity index (χ4n) is 2.11. The Balaban J connectivity index is 1.75. The maximum absolute atomic E-state index is 12.1. The van der Waals surface area contributed by atoms with Gasteiger partial charge in [0.25, 0.3) is 5.91 Å². The van der Waals surface area contributed by atoms with E-state index in [4.69, 9.17) is 0 Å². The van der Waals surface area contributed by atoms with Crippen LogP contribution in [0.2, 0.25) is 0 Å². The molecule has 0 unspecified atom stereocenters. The van der Waals surface area contributed by atoms with E-state index in [-0.39, 0.29) is 11.6 Å². The molecule has 0 atom stereocenters. The summed E-state index contributed by atoms with van der Waals surface area (Å²) in [6.07, 6.45) is 0. The lowest BCUT2D eigenvalue weighted by Gasteiger charge is -2.06. The molecule has 0 spiro atoms. The lowest BCUT2D eigenvalue weighted by atomic mass is 10.1. The molecule has 0 saturated heterocycles. The quantitative estimate of drug-likeness (QED) is 0.682. The predicted molar refractivity (Wildman–Crippen MR) is 84.2 cm³/mol. The zero-order chi connectivity index (χ0) is 14.8. The van der Waals surface area contributed by atoms with Gasteiger partial charge in [-0.1, -0.05) is 28.1 Å². The van der Waals surface area contributed by atoms with Gasteiger partial charge in [0.05, 0.1) is 11.0 Å². The number of carbonyl (C=O) groups is 1. The molecule has 0 aliphatic carbocycles. The number of nitrogens with one attached hydrogen (secondary N) is 3. The van der Waals surface area contributed by atoms with Crippen LogP contribution in [0.4, 0.5) is 0 Å². The molecule has 1 aromatic heterocycles. The molecule has 1 heterocycles. The van der Waals surface area contributed by atoms with Crippen LogP contribution in [0.5, 0.6) is 0 Å². The summed E-state index contributed by atoms with van der Waals surface area (Å²) >= 11 is 3.39. The zero-order valence-electron chi connectivity index (χ0n) is 10.9. The first-order chi connectivity index (χ1) is 10.1. The summed E-state index contributed by atoms with van der Waals surface area (Å²) in [6, 6.07) is 12.8. The van der Waals surface area contributed by atoms with Crippen molar-refractivity contribution >= 4 is 32.9 Å². The Kier molecular flexibility index (Phi) is 3.62. The second-order valence-electron chi connectivity index (χ2n) is 4.65. The molecule has 3 N–H and O–H groups in total. The Morgan fingerprint density at radius 3 is 2.71 bits per heavy atom. The number of carbonyl (C=O) groups excluding carboxylic acids is 1. The first-order valence-corrected chi connectivity index (χ1v) is 7.16. The molecule has 2 aromatic carbocycles. The largest absolute Gasteiger partial charge is 0.348 e. The Labute approximate surface area is 128 Å². The third-order valence-electron chi connectivity index (χ3n) is 3.12. The molecule has 0 bridgehead atoms.